The van der Waals surface area contributed by atoms with Crippen molar-refractivity contribution in [2.45, 2.75) is 25.0 Å². The van der Waals surface area contributed by atoms with E-state index in [2.05, 4.69) is 84.9 Å². The van der Waals surface area contributed by atoms with Gasteiger partial charge in [-0.25, -0.2) is 0 Å². The molecule has 2 atom stereocenters. The monoisotopic (exact) mass is 266 g/mol. The normalized spacial score (nSPS) is 22.8. The van der Waals surface area contributed by atoms with Gasteiger partial charge in [-0.1, -0.05) is 60.7 Å². The highest BCUT2D eigenvalue weighted by Crippen LogP contribution is 2.35. The molecule has 2 heteroatoms. The summed E-state index contributed by atoms with van der Waals surface area (Å²) < 4.78 is 0. The van der Waals surface area contributed by atoms with Gasteiger partial charge in [0.15, 0.2) is 0 Å². The van der Waals surface area contributed by atoms with Gasteiger partial charge in [0, 0.05) is 18.6 Å². The Labute approximate surface area is 121 Å². The van der Waals surface area contributed by atoms with E-state index in [-0.39, 0.29) is 0 Å². The second-order valence-electron chi connectivity index (χ2n) is 5.56. The number of likely N-dealkylation sites (N-methyl/N-ethyl adjacent to an activating group) is 1. The molecule has 2 aromatic rings. The molecule has 0 aromatic heterocycles. The molecule has 104 valence electrons. The molecule has 0 aliphatic carbocycles. The molecule has 3 rings (SSSR count). The Kier molecular flexibility index (Phi) is 3.86. The fourth-order valence-corrected chi connectivity index (χ4v) is 3.16. The summed E-state index contributed by atoms with van der Waals surface area (Å²) in [5.41, 5.74) is 2.75. The Morgan fingerprint density at radius 1 is 0.950 bits per heavy atom. The molecule has 2 nitrogen and oxygen atoms in total. The number of nitrogens with one attached hydrogen (secondary N) is 1. The number of nitrogens with zero attached hydrogens (tertiary/aromatic N) is 1. The first kappa shape index (κ1) is 13.3. The first-order chi connectivity index (χ1) is 9.81. The summed E-state index contributed by atoms with van der Waals surface area (Å²) in [6, 6.07) is 23.1. The van der Waals surface area contributed by atoms with Crippen LogP contribution in [0.5, 0.6) is 0 Å². The highest BCUT2D eigenvalue weighted by Gasteiger charge is 2.39. The van der Waals surface area contributed by atoms with Crippen LogP contribution in [0.25, 0.3) is 0 Å². The molecular weight excluding hydrogens is 244 g/mol. The number of likely N-dealkylation sites (tertiary alicyclic amines) is 1. The van der Waals surface area contributed by atoms with Gasteiger partial charge in [0.05, 0.1) is 6.04 Å². The summed E-state index contributed by atoms with van der Waals surface area (Å²) in [4.78, 5) is 2.58. The van der Waals surface area contributed by atoms with Crippen LogP contribution in [0, 0.1) is 0 Å². The standard InChI is InChI=1S/C18H22N2/c1-14-17(19-2)13-20(14)18(15-9-5-3-6-10-15)16-11-7-4-8-12-16/h3-12,14,17-19H,13H2,1-2H3/t14-,17+/m0/s1. The lowest BCUT2D eigenvalue weighted by atomic mass is 9.88. The van der Waals surface area contributed by atoms with Gasteiger partial charge in [-0.15, -0.1) is 0 Å². The van der Waals surface area contributed by atoms with Crippen molar-refractivity contribution in [1.29, 1.82) is 0 Å². The maximum absolute atomic E-state index is 3.40. The highest BCUT2D eigenvalue weighted by molar-refractivity contribution is 5.33. The summed E-state index contributed by atoms with van der Waals surface area (Å²) in [6.07, 6.45) is 0. The molecule has 1 saturated heterocycles. The molecule has 0 amide bonds. The zero-order chi connectivity index (χ0) is 13.9. The third-order valence-electron chi connectivity index (χ3n) is 4.45. The molecule has 2 aromatic carbocycles. The summed E-state index contributed by atoms with van der Waals surface area (Å²) in [7, 11) is 2.05. The van der Waals surface area contributed by atoms with Crippen LogP contribution in [0.2, 0.25) is 0 Å². The van der Waals surface area contributed by atoms with E-state index in [0.29, 0.717) is 18.1 Å². The van der Waals surface area contributed by atoms with Gasteiger partial charge in [-0.05, 0) is 25.1 Å². The molecule has 1 aliphatic heterocycles. The number of hydrogen-bond donors (Lipinski definition) is 1. The smallest absolute Gasteiger partial charge is 0.0605 e. The van der Waals surface area contributed by atoms with Crippen LogP contribution >= 0.6 is 0 Å². The quantitative estimate of drug-likeness (QED) is 0.915. The van der Waals surface area contributed by atoms with Crippen LogP contribution in [0.3, 0.4) is 0 Å². The summed E-state index contributed by atoms with van der Waals surface area (Å²) in [5, 5.41) is 3.40. The van der Waals surface area contributed by atoms with Crippen LogP contribution in [-0.4, -0.2) is 30.6 Å². The molecular formula is C18H22N2. The zero-order valence-electron chi connectivity index (χ0n) is 12.2. The molecule has 1 aliphatic rings. The maximum atomic E-state index is 3.40. The van der Waals surface area contributed by atoms with Crippen molar-refractivity contribution in [1.82, 2.24) is 10.2 Å². The van der Waals surface area contributed by atoms with Gasteiger partial charge in [0.1, 0.15) is 0 Å². The number of rotatable bonds is 4. The SMILES string of the molecule is CN[C@@H]1CN(C(c2ccccc2)c2ccccc2)[C@H]1C. The second kappa shape index (κ2) is 5.78. The fourth-order valence-electron chi connectivity index (χ4n) is 3.16. The average Bonchev–Trinajstić information content (AvgIpc) is 2.52. The summed E-state index contributed by atoms with van der Waals surface area (Å²) >= 11 is 0. The van der Waals surface area contributed by atoms with Crippen molar-refractivity contribution in [3.8, 4) is 0 Å². The van der Waals surface area contributed by atoms with Crippen LogP contribution in [0.15, 0.2) is 60.7 Å². The summed E-state index contributed by atoms with van der Waals surface area (Å²) in [6.45, 7) is 3.41. The Morgan fingerprint density at radius 2 is 1.45 bits per heavy atom. The van der Waals surface area contributed by atoms with Gasteiger partial charge in [0.25, 0.3) is 0 Å². The first-order valence-electron chi connectivity index (χ1n) is 7.34. The van der Waals surface area contributed by atoms with E-state index in [4.69, 9.17) is 0 Å². The molecule has 1 fully saturated rings. The van der Waals surface area contributed by atoms with E-state index in [9.17, 15) is 0 Å². The van der Waals surface area contributed by atoms with Crippen molar-refractivity contribution in [2.75, 3.05) is 13.6 Å². The Morgan fingerprint density at radius 3 is 1.85 bits per heavy atom. The van der Waals surface area contributed by atoms with Gasteiger partial charge in [-0.3, -0.25) is 4.90 Å². The molecule has 0 unspecified atom stereocenters. The Balaban J connectivity index is 1.94. The molecule has 1 heterocycles. The van der Waals surface area contributed by atoms with Crippen LogP contribution < -0.4 is 5.32 Å². The third kappa shape index (κ3) is 2.37. The second-order valence-corrected chi connectivity index (χ2v) is 5.56. The highest BCUT2D eigenvalue weighted by atomic mass is 15.3. The van der Waals surface area contributed by atoms with E-state index in [1.54, 1.807) is 0 Å². The predicted molar refractivity (Wildman–Crippen MR) is 83.7 cm³/mol. The van der Waals surface area contributed by atoms with Crippen molar-refractivity contribution in [3.05, 3.63) is 71.8 Å². The lowest BCUT2D eigenvalue weighted by Crippen LogP contribution is -2.64. The fraction of sp³-hybridized carbons (Fsp3) is 0.333. The minimum absolute atomic E-state index is 0.358. The molecule has 0 radical (unpaired) electrons. The molecule has 1 N–H and O–H groups in total. The van der Waals surface area contributed by atoms with E-state index < -0.39 is 0 Å². The van der Waals surface area contributed by atoms with Crippen molar-refractivity contribution in [3.63, 3.8) is 0 Å². The van der Waals surface area contributed by atoms with Crippen molar-refractivity contribution >= 4 is 0 Å². The van der Waals surface area contributed by atoms with E-state index in [1.165, 1.54) is 11.1 Å². The number of benzene rings is 2. The third-order valence-corrected chi connectivity index (χ3v) is 4.45. The minimum Gasteiger partial charge on any atom is -0.314 e. The Bertz CT molecular complexity index is 498. The zero-order valence-corrected chi connectivity index (χ0v) is 12.2. The topological polar surface area (TPSA) is 15.3 Å². The summed E-state index contributed by atoms with van der Waals surface area (Å²) in [5.74, 6) is 0. The van der Waals surface area contributed by atoms with Gasteiger partial charge in [-0.2, -0.15) is 0 Å². The molecule has 0 saturated carbocycles. The van der Waals surface area contributed by atoms with E-state index in [0.717, 1.165) is 6.54 Å². The van der Waals surface area contributed by atoms with Gasteiger partial charge < -0.3 is 5.32 Å². The van der Waals surface area contributed by atoms with Crippen LogP contribution in [-0.2, 0) is 0 Å². The lowest BCUT2D eigenvalue weighted by Gasteiger charge is -2.50. The van der Waals surface area contributed by atoms with Gasteiger partial charge in [0.2, 0.25) is 0 Å². The lowest BCUT2D eigenvalue weighted by molar-refractivity contribution is 0.0300. The molecule has 0 bridgehead atoms. The molecule has 20 heavy (non-hydrogen) atoms. The van der Waals surface area contributed by atoms with Crippen molar-refractivity contribution < 1.29 is 0 Å². The number of hydrogen-bond acceptors (Lipinski definition) is 2. The van der Waals surface area contributed by atoms with Gasteiger partial charge >= 0.3 is 0 Å². The van der Waals surface area contributed by atoms with Crippen LogP contribution in [0.4, 0.5) is 0 Å². The maximum Gasteiger partial charge on any atom is 0.0605 e. The van der Waals surface area contributed by atoms with E-state index >= 15 is 0 Å². The average molecular weight is 266 g/mol. The largest absolute Gasteiger partial charge is 0.314 e. The predicted octanol–water partition coefficient (Wildman–Crippen LogP) is 3.07. The first-order valence-corrected chi connectivity index (χ1v) is 7.34. The molecule has 0 spiro atoms. The van der Waals surface area contributed by atoms with Crippen LogP contribution in [0.1, 0.15) is 24.1 Å². The minimum atomic E-state index is 0.358. The van der Waals surface area contributed by atoms with E-state index in [1.807, 2.05) is 0 Å². The van der Waals surface area contributed by atoms with Crippen molar-refractivity contribution in [2.24, 2.45) is 0 Å². The Hall–Kier alpha value is -1.64.